The van der Waals surface area contributed by atoms with Crippen molar-refractivity contribution in [3.63, 3.8) is 0 Å². The van der Waals surface area contributed by atoms with Gasteiger partial charge < -0.3 is 0 Å². The molecular formula is C14H13NO3S. The Morgan fingerprint density at radius 3 is 2.26 bits per heavy atom. The summed E-state index contributed by atoms with van der Waals surface area (Å²) in [4.78, 5) is 10.7. The van der Waals surface area contributed by atoms with Crippen molar-refractivity contribution in [3.05, 3.63) is 54.1 Å². The minimum absolute atomic E-state index is 0.512. The summed E-state index contributed by atoms with van der Waals surface area (Å²) in [5.74, 6) is 0. The quantitative estimate of drug-likeness (QED) is 0.872. The summed E-state index contributed by atoms with van der Waals surface area (Å²) in [5.41, 5.74) is 2.95. The lowest BCUT2D eigenvalue weighted by atomic mass is 10.0. The summed E-state index contributed by atoms with van der Waals surface area (Å²) < 4.78 is 24.6. The number of benzene rings is 2. The molecule has 19 heavy (non-hydrogen) atoms. The summed E-state index contributed by atoms with van der Waals surface area (Å²) in [6.07, 6.45) is 1.90. The summed E-state index contributed by atoms with van der Waals surface area (Å²) in [6, 6.07) is 14.2. The number of hydrogen-bond donors (Lipinski definition) is 1. The first kappa shape index (κ1) is 13.3. The van der Waals surface area contributed by atoms with Crippen LogP contribution in [0.3, 0.4) is 0 Å². The standard InChI is InChI=1S/C14H13NO3S/c1-19(17,18)15-14-7-5-12(6-8-14)13-4-2-3-11(9-13)10-16/h2-10,15H,1H3. The number of anilines is 1. The van der Waals surface area contributed by atoms with Gasteiger partial charge in [-0.1, -0.05) is 30.3 Å². The Labute approximate surface area is 112 Å². The van der Waals surface area contributed by atoms with Crippen molar-refractivity contribution in [3.8, 4) is 11.1 Å². The van der Waals surface area contributed by atoms with E-state index in [2.05, 4.69) is 4.72 Å². The normalized spacial score (nSPS) is 11.0. The maximum absolute atomic E-state index is 11.1. The minimum Gasteiger partial charge on any atom is -0.298 e. The van der Waals surface area contributed by atoms with Crippen LogP contribution >= 0.6 is 0 Å². The number of hydrogen-bond acceptors (Lipinski definition) is 3. The van der Waals surface area contributed by atoms with Gasteiger partial charge >= 0.3 is 0 Å². The van der Waals surface area contributed by atoms with Gasteiger partial charge in [-0.25, -0.2) is 8.42 Å². The molecular weight excluding hydrogens is 262 g/mol. The van der Waals surface area contributed by atoms with Crippen molar-refractivity contribution in [1.29, 1.82) is 0 Å². The van der Waals surface area contributed by atoms with Crippen LogP contribution in [0.25, 0.3) is 11.1 Å². The average molecular weight is 275 g/mol. The highest BCUT2D eigenvalue weighted by molar-refractivity contribution is 7.92. The van der Waals surface area contributed by atoms with Gasteiger partial charge in [-0.05, 0) is 29.3 Å². The SMILES string of the molecule is CS(=O)(=O)Nc1ccc(-c2cccc(C=O)c2)cc1. The predicted molar refractivity (Wildman–Crippen MR) is 75.7 cm³/mol. The van der Waals surface area contributed by atoms with Crippen molar-refractivity contribution in [1.82, 2.24) is 0 Å². The lowest BCUT2D eigenvalue weighted by molar-refractivity contribution is 0.112. The number of nitrogens with one attached hydrogen (secondary N) is 1. The van der Waals surface area contributed by atoms with Gasteiger partial charge in [0.15, 0.2) is 0 Å². The molecule has 0 aliphatic rings. The second-order valence-electron chi connectivity index (χ2n) is 4.19. The lowest BCUT2D eigenvalue weighted by Gasteiger charge is -2.06. The Balaban J connectivity index is 2.29. The molecule has 0 aliphatic carbocycles. The summed E-state index contributed by atoms with van der Waals surface area (Å²) >= 11 is 0. The highest BCUT2D eigenvalue weighted by atomic mass is 32.2. The molecule has 0 unspecified atom stereocenters. The Bertz CT molecular complexity index is 691. The molecule has 1 N–H and O–H groups in total. The zero-order valence-corrected chi connectivity index (χ0v) is 11.1. The molecule has 4 nitrogen and oxygen atoms in total. The van der Waals surface area contributed by atoms with Gasteiger partial charge in [0.05, 0.1) is 6.26 Å². The summed E-state index contributed by atoms with van der Waals surface area (Å²) in [6.45, 7) is 0. The number of sulfonamides is 1. The molecule has 0 spiro atoms. The van der Waals surface area contributed by atoms with E-state index >= 15 is 0 Å². The monoisotopic (exact) mass is 275 g/mol. The second kappa shape index (κ2) is 5.24. The maximum atomic E-state index is 11.1. The molecule has 0 fully saturated rings. The van der Waals surface area contributed by atoms with Crippen LogP contribution in [-0.2, 0) is 10.0 Å². The molecule has 0 saturated carbocycles. The van der Waals surface area contributed by atoms with Crippen LogP contribution in [0, 0.1) is 0 Å². The average Bonchev–Trinajstić information content (AvgIpc) is 2.38. The Kier molecular flexibility index (Phi) is 3.66. The van der Waals surface area contributed by atoms with E-state index in [-0.39, 0.29) is 0 Å². The van der Waals surface area contributed by atoms with Crippen LogP contribution in [0.2, 0.25) is 0 Å². The first-order chi connectivity index (χ1) is 8.98. The zero-order valence-electron chi connectivity index (χ0n) is 10.3. The van der Waals surface area contributed by atoms with Crippen molar-refractivity contribution in [2.24, 2.45) is 0 Å². The predicted octanol–water partition coefficient (Wildman–Crippen LogP) is 2.54. The van der Waals surface area contributed by atoms with Crippen LogP contribution in [0.4, 0.5) is 5.69 Å². The van der Waals surface area contributed by atoms with Gasteiger partial charge in [-0.2, -0.15) is 0 Å². The molecule has 2 aromatic rings. The fraction of sp³-hybridized carbons (Fsp3) is 0.0714. The Morgan fingerprint density at radius 2 is 1.68 bits per heavy atom. The number of carbonyl (C=O) groups excluding carboxylic acids is 1. The molecule has 2 aromatic carbocycles. The van der Waals surface area contributed by atoms with E-state index in [4.69, 9.17) is 0 Å². The van der Waals surface area contributed by atoms with E-state index in [1.54, 1.807) is 36.4 Å². The smallest absolute Gasteiger partial charge is 0.229 e. The Hall–Kier alpha value is -2.14. The maximum Gasteiger partial charge on any atom is 0.229 e. The fourth-order valence-corrected chi connectivity index (χ4v) is 2.30. The summed E-state index contributed by atoms with van der Waals surface area (Å²) in [7, 11) is -3.26. The van der Waals surface area contributed by atoms with Crippen molar-refractivity contribution in [2.45, 2.75) is 0 Å². The lowest BCUT2D eigenvalue weighted by Crippen LogP contribution is -2.09. The van der Waals surface area contributed by atoms with Gasteiger partial charge in [0, 0.05) is 11.3 Å². The third-order valence-electron chi connectivity index (χ3n) is 2.54. The van der Waals surface area contributed by atoms with E-state index in [1.165, 1.54) is 0 Å². The number of carbonyl (C=O) groups is 1. The molecule has 98 valence electrons. The topological polar surface area (TPSA) is 63.2 Å². The van der Waals surface area contributed by atoms with Crippen LogP contribution in [0.5, 0.6) is 0 Å². The van der Waals surface area contributed by atoms with Crippen LogP contribution in [0.1, 0.15) is 10.4 Å². The van der Waals surface area contributed by atoms with E-state index < -0.39 is 10.0 Å². The third kappa shape index (κ3) is 3.66. The van der Waals surface area contributed by atoms with Gasteiger partial charge in [0.2, 0.25) is 10.0 Å². The minimum atomic E-state index is -3.26. The molecule has 0 bridgehead atoms. The highest BCUT2D eigenvalue weighted by Gasteiger charge is 2.03. The molecule has 2 rings (SSSR count). The first-order valence-corrected chi connectivity index (χ1v) is 7.50. The second-order valence-corrected chi connectivity index (χ2v) is 5.94. The Morgan fingerprint density at radius 1 is 1.00 bits per heavy atom. The molecule has 0 amide bonds. The van der Waals surface area contributed by atoms with Gasteiger partial charge in [0.1, 0.15) is 6.29 Å². The molecule has 0 atom stereocenters. The number of rotatable bonds is 4. The van der Waals surface area contributed by atoms with Crippen molar-refractivity contribution >= 4 is 22.0 Å². The van der Waals surface area contributed by atoms with Crippen LogP contribution < -0.4 is 4.72 Å². The highest BCUT2D eigenvalue weighted by Crippen LogP contribution is 2.22. The fourth-order valence-electron chi connectivity index (χ4n) is 1.74. The van der Waals surface area contributed by atoms with Crippen molar-refractivity contribution < 1.29 is 13.2 Å². The van der Waals surface area contributed by atoms with Crippen LogP contribution in [-0.4, -0.2) is 21.0 Å². The van der Waals surface area contributed by atoms with Crippen molar-refractivity contribution in [2.75, 3.05) is 11.0 Å². The molecule has 0 heterocycles. The molecule has 5 heteroatoms. The van der Waals surface area contributed by atoms with Crippen LogP contribution in [0.15, 0.2) is 48.5 Å². The van der Waals surface area contributed by atoms with Gasteiger partial charge in [-0.15, -0.1) is 0 Å². The number of aldehydes is 1. The van der Waals surface area contributed by atoms with E-state index in [9.17, 15) is 13.2 Å². The first-order valence-electron chi connectivity index (χ1n) is 5.61. The van der Waals surface area contributed by atoms with E-state index in [0.29, 0.717) is 11.3 Å². The largest absolute Gasteiger partial charge is 0.298 e. The summed E-state index contributed by atoms with van der Waals surface area (Å²) in [5, 5.41) is 0. The van der Waals surface area contributed by atoms with E-state index in [1.807, 2.05) is 12.1 Å². The zero-order chi connectivity index (χ0) is 13.9. The van der Waals surface area contributed by atoms with Gasteiger partial charge in [0.25, 0.3) is 0 Å². The van der Waals surface area contributed by atoms with E-state index in [0.717, 1.165) is 23.7 Å². The molecule has 0 saturated heterocycles. The van der Waals surface area contributed by atoms with Gasteiger partial charge in [-0.3, -0.25) is 9.52 Å². The molecule has 0 radical (unpaired) electrons. The molecule has 0 aromatic heterocycles. The molecule has 0 aliphatic heterocycles. The third-order valence-corrected chi connectivity index (χ3v) is 3.15.